The molecule has 4 heterocycles. The van der Waals surface area contributed by atoms with E-state index in [4.69, 9.17) is 18.9 Å². The average Bonchev–Trinajstić information content (AvgIpc) is 3.58. The van der Waals surface area contributed by atoms with Gasteiger partial charge in [0.15, 0.2) is 0 Å². The van der Waals surface area contributed by atoms with Gasteiger partial charge in [-0.25, -0.2) is 4.79 Å². The summed E-state index contributed by atoms with van der Waals surface area (Å²) in [5.41, 5.74) is -11.4. The van der Waals surface area contributed by atoms with Gasteiger partial charge in [0.2, 0.25) is 5.91 Å². The number of aliphatic hydroxyl groups excluding tert-OH is 2. The lowest BCUT2D eigenvalue weighted by molar-refractivity contribution is -0.367. The predicted molar refractivity (Wildman–Crippen MR) is 191 cm³/mol. The molecule has 4 saturated heterocycles. The van der Waals surface area contributed by atoms with Crippen molar-refractivity contribution >= 4 is 29.7 Å². The third-order valence-corrected chi connectivity index (χ3v) is 14.8. The van der Waals surface area contributed by atoms with Crippen LogP contribution in [-0.2, 0) is 28.5 Å². The zero-order valence-electron chi connectivity index (χ0n) is 32.3. The maximum atomic E-state index is 13.1. The van der Waals surface area contributed by atoms with Crippen LogP contribution in [0.25, 0.3) is 0 Å². The van der Waals surface area contributed by atoms with Crippen molar-refractivity contribution in [3.63, 3.8) is 0 Å². The van der Waals surface area contributed by atoms with E-state index in [1.54, 1.807) is 55.4 Å². The number of aliphatic hydroxyl groups is 4. The molecule has 14 nitrogen and oxygen atoms in total. The fourth-order valence-corrected chi connectivity index (χ4v) is 10.5. The molecule has 4 rings (SSSR count). The van der Waals surface area contributed by atoms with Gasteiger partial charge in [-0.2, -0.15) is 11.8 Å². The molecule has 51 heavy (non-hydrogen) atoms. The van der Waals surface area contributed by atoms with Crippen LogP contribution in [0.2, 0.25) is 0 Å². The number of carbonyl (C=O) groups is 3. The average molecular weight is 746 g/mol. The standard InChI is InChI=1S/C36H63N3O11S/c1-21-31(6,17-40)50-33(8,36(11,46)34(21,9)45)19-47-18-30(5)27(43)29(3,4)49-32(7,35(30,10)39-22(2)41)20-48-25(42)15-13-12-14-24-26-23(16-51-24)37-28(44)38-26/h21,23-24,26-27,40,43,45-46H,12-20H2,1-11H3,(H,39,41)(H2,37,38,44)/t21-,23+,24?,26+,27-,30?,31?,32+,33+,34?,35?,36?/m1/s1. The maximum Gasteiger partial charge on any atom is 0.315 e. The summed E-state index contributed by atoms with van der Waals surface area (Å²) in [6, 6.07) is 0.121. The molecule has 0 aromatic rings. The molecule has 294 valence electrons. The van der Waals surface area contributed by atoms with Gasteiger partial charge < -0.3 is 55.3 Å². The molecule has 4 aliphatic heterocycles. The molecule has 7 N–H and O–H groups in total. The minimum Gasteiger partial charge on any atom is -0.463 e. The van der Waals surface area contributed by atoms with Crippen molar-refractivity contribution in [1.82, 2.24) is 16.0 Å². The van der Waals surface area contributed by atoms with Gasteiger partial charge in [-0.05, 0) is 68.2 Å². The minimum absolute atomic E-state index is 0.104. The van der Waals surface area contributed by atoms with E-state index in [0.717, 1.165) is 18.6 Å². The first-order valence-electron chi connectivity index (χ1n) is 18.1. The van der Waals surface area contributed by atoms with Crippen LogP contribution in [0.3, 0.4) is 0 Å². The smallest absolute Gasteiger partial charge is 0.315 e. The SMILES string of the molecule is CC(=O)NC1(C)C(C)(COC[C@]2(C)OC(C)(CO)[C@@H](C)C(C)(O)C2(C)O)[C@H](O)C(C)(C)O[C@@]1(C)COC(=O)CCCCC1SC[C@@H]2NC(=O)N[C@H]12. The van der Waals surface area contributed by atoms with Crippen LogP contribution >= 0.6 is 11.8 Å². The Hall–Kier alpha value is -1.72. The molecular formula is C36H63N3O11S. The van der Waals surface area contributed by atoms with E-state index in [0.29, 0.717) is 11.7 Å². The summed E-state index contributed by atoms with van der Waals surface area (Å²) in [4.78, 5) is 37.6. The van der Waals surface area contributed by atoms with Crippen LogP contribution < -0.4 is 16.0 Å². The minimum atomic E-state index is -1.83. The number of hydrogen-bond donors (Lipinski definition) is 7. The van der Waals surface area contributed by atoms with E-state index in [2.05, 4.69) is 16.0 Å². The molecule has 0 spiro atoms. The topological polar surface area (TPSA) is 205 Å². The second kappa shape index (κ2) is 14.2. The van der Waals surface area contributed by atoms with Crippen molar-refractivity contribution in [2.75, 3.05) is 32.2 Å². The van der Waals surface area contributed by atoms with Gasteiger partial charge in [0.1, 0.15) is 23.4 Å². The fraction of sp³-hybridized carbons (Fsp3) is 0.917. The highest BCUT2D eigenvalue weighted by Crippen LogP contribution is 2.55. The first kappa shape index (κ1) is 42.0. The van der Waals surface area contributed by atoms with E-state index in [1.807, 2.05) is 11.8 Å². The van der Waals surface area contributed by atoms with E-state index in [-0.39, 0.29) is 44.4 Å². The molecule has 4 fully saturated rings. The Kier molecular flexibility index (Phi) is 11.7. The second-order valence-corrected chi connectivity index (χ2v) is 18.6. The van der Waals surface area contributed by atoms with Gasteiger partial charge >= 0.3 is 12.0 Å². The predicted octanol–water partition coefficient (Wildman–Crippen LogP) is 1.78. The van der Waals surface area contributed by atoms with Crippen molar-refractivity contribution in [2.24, 2.45) is 11.3 Å². The molecule has 3 amide bonds. The van der Waals surface area contributed by atoms with Crippen LogP contribution in [0.15, 0.2) is 0 Å². The summed E-state index contributed by atoms with van der Waals surface area (Å²) < 4.78 is 25.1. The summed E-state index contributed by atoms with van der Waals surface area (Å²) in [7, 11) is 0. The van der Waals surface area contributed by atoms with Crippen LogP contribution in [-0.4, -0.2) is 133 Å². The molecule has 0 bridgehead atoms. The number of carbonyl (C=O) groups excluding carboxylic acids is 3. The number of ether oxygens (including phenoxy) is 4. The van der Waals surface area contributed by atoms with E-state index >= 15 is 0 Å². The van der Waals surface area contributed by atoms with Crippen molar-refractivity contribution in [3.05, 3.63) is 0 Å². The van der Waals surface area contributed by atoms with Gasteiger partial charge in [0.05, 0.1) is 60.4 Å². The molecule has 0 radical (unpaired) electrons. The number of thioether (sulfide) groups is 1. The molecule has 0 aliphatic carbocycles. The lowest BCUT2D eigenvalue weighted by Gasteiger charge is -2.65. The third kappa shape index (κ3) is 7.15. The van der Waals surface area contributed by atoms with Crippen LogP contribution in [0.4, 0.5) is 4.79 Å². The number of hydrogen-bond acceptors (Lipinski definition) is 12. The summed E-state index contributed by atoms with van der Waals surface area (Å²) in [6.07, 6.45) is 1.24. The van der Waals surface area contributed by atoms with E-state index in [9.17, 15) is 34.8 Å². The first-order valence-corrected chi connectivity index (χ1v) is 19.2. The Morgan fingerprint density at radius 2 is 1.61 bits per heavy atom. The van der Waals surface area contributed by atoms with E-state index in [1.165, 1.54) is 20.8 Å². The van der Waals surface area contributed by atoms with Gasteiger partial charge in [0.25, 0.3) is 0 Å². The molecular weight excluding hydrogens is 682 g/mol. The number of amides is 3. The Bertz CT molecular complexity index is 1330. The summed E-state index contributed by atoms with van der Waals surface area (Å²) in [5.74, 6) is -0.591. The normalized spacial score (nSPS) is 46.2. The number of esters is 1. The highest BCUT2D eigenvalue weighted by atomic mass is 32.2. The first-order chi connectivity index (χ1) is 23.3. The number of nitrogens with one attached hydrogen (secondary N) is 3. The fourth-order valence-electron chi connectivity index (χ4n) is 9.01. The Balaban J connectivity index is 1.48. The maximum absolute atomic E-state index is 13.1. The highest BCUT2D eigenvalue weighted by Gasteiger charge is 2.70. The lowest BCUT2D eigenvalue weighted by atomic mass is 9.56. The summed E-state index contributed by atoms with van der Waals surface area (Å²) >= 11 is 1.83. The molecule has 15 heteroatoms. The van der Waals surface area contributed by atoms with Gasteiger partial charge in [0, 0.05) is 35.7 Å². The number of urea groups is 1. The Labute approximate surface area is 306 Å². The molecule has 0 aromatic carbocycles. The molecule has 12 atom stereocenters. The Morgan fingerprint density at radius 1 is 0.961 bits per heavy atom. The van der Waals surface area contributed by atoms with Gasteiger partial charge in [-0.3, -0.25) is 9.59 Å². The van der Waals surface area contributed by atoms with E-state index < -0.39 is 75.1 Å². The highest BCUT2D eigenvalue weighted by molar-refractivity contribution is 8.00. The third-order valence-electron chi connectivity index (χ3n) is 13.3. The van der Waals surface area contributed by atoms with Crippen molar-refractivity contribution < 1.29 is 53.8 Å². The quantitative estimate of drug-likeness (QED) is 0.0819. The molecule has 6 unspecified atom stereocenters. The van der Waals surface area contributed by atoms with Gasteiger partial charge in [-0.15, -0.1) is 0 Å². The van der Waals surface area contributed by atoms with Crippen LogP contribution in [0.5, 0.6) is 0 Å². The van der Waals surface area contributed by atoms with Crippen molar-refractivity contribution in [1.29, 1.82) is 0 Å². The number of rotatable bonds is 13. The zero-order valence-corrected chi connectivity index (χ0v) is 33.1. The number of fused-ring (bicyclic) bond motifs is 1. The van der Waals surface area contributed by atoms with Gasteiger partial charge in [-0.1, -0.05) is 20.3 Å². The second-order valence-electron chi connectivity index (χ2n) is 17.3. The van der Waals surface area contributed by atoms with Crippen LogP contribution in [0, 0.1) is 11.3 Å². The molecule has 0 saturated carbocycles. The monoisotopic (exact) mass is 745 g/mol. The van der Waals surface area contributed by atoms with Crippen molar-refractivity contribution in [3.8, 4) is 0 Å². The van der Waals surface area contributed by atoms with Crippen molar-refractivity contribution in [2.45, 2.75) is 164 Å². The molecule has 4 aliphatic rings. The molecule has 0 aromatic heterocycles. The number of unbranched alkanes of at least 4 members (excludes halogenated alkanes) is 1. The zero-order chi connectivity index (χ0) is 38.6. The lowest BCUT2D eigenvalue weighted by Crippen LogP contribution is -2.82. The largest absolute Gasteiger partial charge is 0.463 e. The van der Waals surface area contributed by atoms with Crippen LogP contribution in [0.1, 0.15) is 102 Å². The summed E-state index contributed by atoms with van der Waals surface area (Å²) in [6.45, 7) is 17.0. The Morgan fingerprint density at radius 3 is 2.22 bits per heavy atom. The summed E-state index contributed by atoms with van der Waals surface area (Å²) in [5, 5.41) is 54.7.